The lowest BCUT2D eigenvalue weighted by atomic mass is 9.88. The Morgan fingerprint density at radius 1 is 1.17 bits per heavy atom. The van der Waals surface area contributed by atoms with E-state index in [0.717, 1.165) is 12.1 Å². The summed E-state index contributed by atoms with van der Waals surface area (Å²) in [5.41, 5.74) is 0.808. The molecule has 4 heteroatoms. The lowest BCUT2D eigenvalue weighted by Crippen LogP contribution is -2.23. The number of aliphatic hydroxyl groups excluding tert-OH is 2. The zero-order valence-electron chi connectivity index (χ0n) is 14.0. The van der Waals surface area contributed by atoms with Crippen LogP contribution in [0.2, 0.25) is 0 Å². The third-order valence-electron chi connectivity index (χ3n) is 4.90. The molecule has 0 spiro atoms. The second kappa shape index (κ2) is 9.40. The summed E-state index contributed by atoms with van der Waals surface area (Å²) in [5.74, 6) is 0.597. The fraction of sp³-hybridized carbons (Fsp3) is 0.450. The highest BCUT2D eigenvalue weighted by atomic mass is 16.3. The minimum Gasteiger partial charge on any atom is -0.396 e. The largest absolute Gasteiger partial charge is 0.396 e. The molecule has 0 aromatic heterocycles. The highest BCUT2D eigenvalue weighted by Gasteiger charge is 2.39. The van der Waals surface area contributed by atoms with E-state index >= 15 is 0 Å². The van der Waals surface area contributed by atoms with Gasteiger partial charge < -0.3 is 15.5 Å². The number of para-hydroxylation sites is 1. The molecule has 1 aromatic rings. The first-order valence-corrected chi connectivity index (χ1v) is 8.55. The van der Waals surface area contributed by atoms with Crippen molar-refractivity contribution in [2.75, 3.05) is 18.5 Å². The number of benzene rings is 1. The lowest BCUT2D eigenvalue weighted by Gasteiger charge is -2.20. The van der Waals surface area contributed by atoms with Crippen LogP contribution in [0.4, 0.5) is 5.69 Å². The van der Waals surface area contributed by atoms with Gasteiger partial charge in [0.25, 0.3) is 0 Å². The van der Waals surface area contributed by atoms with Crippen LogP contribution in [-0.2, 0) is 4.79 Å². The van der Waals surface area contributed by atoms with Gasteiger partial charge in [0.2, 0.25) is 5.91 Å². The number of allylic oxidation sites excluding steroid dienone is 3. The minimum absolute atomic E-state index is 0.00631. The average Bonchev–Trinajstić information content (AvgIpc) is 2.96. The summed E-state index contributed by atoms with van der Waals surface area (Å²) >= 11 is 0. The number of rotatable bonds is 8. The standard InChI is InChI=1S/C20H27NO3/c1-2-15-12-16(19(14-23)18(15)13-22)8-6-7-11-20(24)21-17-9-4-3-5-10-17/h2-6,8-10,15-16,18-19,22-23H,1,7,11-14H2,(H,21,24)/t15-,16+,18+,19-/m1/s1. The lowest BCUT2D eigenvalue weighted by molar-refractivity contribution is -0.116. The summed E-state index contributed by atoms with van der Waals surface area (Å²) in [7, 11) is 0. The zero-order valence-corrected chi connectivity index (χ0v) is 14.0. The highest BCUT2D eigenvalue weighted by molar-refractivity contribution is 5.90. The molecule has 1 aliphatic rings. The monoisotopic (exact) mass is 329 g/mol. The number of anilines is 1. The van der Waals surface area contributed by atoms with Gasteiger partial charge in [-0.1, -0.05) is 36.4 Å². The van der Waals surface area contributed by atoms with E-state index in [9.17, 15) is 15.0 Å². The second-order valence-corrected chi connectivity index (χ2v) is 6.37. The van der Waals surface area contributed by atoms with Crippen LogP contribution in [0.5, 0.6) is 0 Å². The van der Waals surface area contributed by atoms with Crippen LogP contribution >= 0.6 is 0 Å². The van der Waals surface area contributed by atoms with Crippen LogP contribution in [0.3, 0.4) is 0 Å². The van der Waals surface area contributed by atoms with Crippen molar-refractivity contribution >= 4 is 11.6 Å². The molecule has 4 atom stereocenters. The number of hydrogen-bond acceptors (Lipinski definition) is 3. The third kappa shape index (κ3) is 4.79. The molecule has 3 N–H and O–H groups in total. The van der Waals surface area contributed by atoms with Gasteiger partial charge in [-0.2, -0.15) is 0 Å². The molecule has 0 heterocycles. The van der Waals surface area contributed by atoms with E-state index in [4.69, 9.17) is 0 Å². The molecule has 0 aliphatic heterocycles. The number of nitrogens with one attached hydrogen (secondary N) is 1. The van der Waals surface area contributed by atoms with E-state index in [1.165, 1.54) is 0 Å². The van der Waals surface area contributed by atoms with Crippen LogP contribution in [0.25, 0.3) is 0 Å². The summed E-state index contributed by atoms with van der Waals surface area (Å²) in [6, 6.07) is 9.41. The molecule has 24 heavy (non-hydrogen) atoms. The van der Waals surface area contributed by atoms with Crippen molar-refractivity contribution in [2.24, 2.45) is 23.7 Å². The molecule has 1 aromatic carbocycles. The van der Waals surface area contributed by atoms with Crippen LogP contribution in [0, 0.1) is 23.7 Å². The number of hydrogen-bond donors (Lipinski definition) is 3. The molecule has 130 valence electrons. The van der Waals surface area contributed by atoms with Gasteiger partial charge in [0.05, 0.1) is 0 Å². The maximum absolute atomic E-state index is 11.9. The number of carbonyl (C=O) groups excluding carboxylic acids is 1. The molecule has 2 rings (SSSR count). The summed E-state index contributed by atoms with van der Waals surface area (Å²) in [6.07, 6.45) is 7.96. The summed E-state index contributed by atoms with van der Waals surface area (Å²) < 4.78 is 0. The number of aliphatic hydroxyl groups is 2. The van der Waals surface area contributed by atoms with E-state index in [0.29, 0.717) is 12.8 Å². The molecule has 0 bridgehead atoms. The van der Waals surface area contributed by atoms with E-state index < -0.39 is 0 Å². The van der Waals surface area contributed by atoms with Crippen molar-refractivity contribution in [2.45, 2.75) is 19.3 Å². The molecule has 0 unspecified atom stereocenters. The van der Waals surface area contributed by atoms with E-state index in [-0.39, 0.29) is 42.8 Å². The smallest absolute Gasteiger partial charge is 0.224 e. The normalized spacial score (nSPS) is 26.6. The molecule has 4 nitrogen and oxygen atoms in total. The van der Waals surface area contributed by atoms with Gasteiger partial charge in [0.1, 0.15) is 0 Å². The number of amides is 1. The molecule has 1 saturated carbocycles. The SMILES string of the molecule is C=C[C@@H]1C[C@H](C=CCCC(=O)Nc2ccccc2)[C@@H](CO)[C@H]1CO. The van der Waals surface area contributed by atoms with Gasteiger partial charge in [-0.3, -0.25) is 4.79 Å². The molecule has 1 fully saturated rings. The van der Waals surface area contributed by atoms with Crippen LogP contribution in [-0.4, -0.2) is 29.3 Å². The Kier molecular flexibility index (Phi) is 7.22. The Morgan fingerprint density at radius 3 is 2.46 bits per heavy atom. The predicted molar refractivity (Wildman–Crippen MR) is 96.4 cm³/mol. The van der Waals surface area contributed by atoms with E-state index in [1.54, 1.807) is 0 Å². The molecule has 1 amide bonds. The van der Waals surface area contributed by atoms with Crippen LogP contribution in [0.15, 0.2) is 55.1 Å². The number of carbonyl (C=O) groups is 1. The minimum atomic E-state index is -0.00631. The third-order valence-corrected chi connectivity index (χ3v) is 4.90. The van der Waals surface area contributed by atoms with Crippen molar-refractivity contribution in [1.29, 1.82) is 0 Å². The van der Waals surface area contributed by atoms with Crippen molar-refractivity contribution in [1.82, 2.24) is 0 Å². The Balaban J connectivity index is 1.81. The molecule has 0 saturated heterocycles. The van der Waals surface area contributed by atoms with Crippen molar-refractivity contribution in [3.05, 3.63) is 55.1 Å². The predicted octanol–water partition coefficient (Wildman–Crippen LogP) is 3.00. The fourth-order valence-electron chi connectivity index (χ4n) is 3.56. The van der Waals surface area contributed by atoms with Gasteiger partial charge in [0, 0.05) is 25.3 Å². The highest BCUT2D eigenvalue weighted by Crippen LogP contribution is 2.42. The maximum Gasteiger partial charge on any atom is 0.224 e. The first-order chi connectivity index (χ1) is 11.7. The van der Waals surface area contributed by atoms with Crippen molar-refractivity contribution in [3.63, 3.8) is 0 Å². The van der Waals surface area contributed by atoms with Gasteiger partial charge in [-0.25, -0.2) is 0 Å². The van der Waals surface area contributed by atoms with Crippen LogP contribution in [0.1, 0.15) is 19.3 Å². The topological polar surface area (TPSA) is 69.6 Å². The Bertz CT molecular complexity index is 555. The molecule has 1 aliphatic carbocycles. The van der Waals surface area contributed by atoms with Crippen molar-refractivity contribution < 1.29 is 15.0 Å². The summed E-state index contributed by atoms with van der Waals surface area (Å²) in [4.78, 5) is 11.9. The summed E-state index contributed by atoms with van der Waals surface area (Å²) in [5, 5.41) is 22.0. The average molecular weight is 329 g/mol. The Labute approximate surface area is 143 Å². The van der Waals surface area contributed by atoms with Gasteiger partial charge >= 0.3 is 0 Å². The fourth-order valence-corrected chi connectivity index (χ4v) is 3.56. The first kappa shape index (κ1) is 18.4. The van der Waals surface area contributed by atoms with Gasteiger partial charge in [-0.15, -0.1) is 6.58 Å². The first-order valence-electron chi connectivity index (χ1n) is 8.55. The second-order valence-electron chi connectivity index (χ2n) is 6.37. The van der Waals surface area contributed by atoms with Crippen LogP contribution < -0.4 is 5.32 Å². The van der Waals surface area contributed by atoms with Crippen molar-refractivity contribution in [3.8, 4) is 0 Å². The quantitative estimate of drug-likeness (QED) is 0.642. The zero-order chi connectivity index (χ0) is 17.4. The van der Waals surface area contributed by atoms with E-state index in [2.05, 4.69) is 18.0 Å². The molecular formula is C20H27NO3. The Morgan fingerprint density at radius 2 is 1.83 bits per heavy atom. The molecule has 0 radical (unpaired) electrons. The van der Waals surface area contributed by atoms with Gasteiger partial charge in [0.15, 0.2) is 0 Å². The summed E-state index contributed by atoms with van der Waals surface area (Å²) in [6.45, 7) is 3.98. The maximum atomic E-state index is 11.9. The molecular weight excluding hydrogens is 302 g/mol. The van der Waals surface area contributed by atoms with Gasteiger partial charge in [-0.05, 0) is 48.6 Å². The van der Waals surface area contributed by atoms with E-state index in [1.807, 2.05) is 42.5 Å². The Hall–Kier alpha value is -1.91.